The smallest absolute Gasteiger partial charge is 0.254 e. The Morgan fingerprint density at radius 3 is 2.73 bits per heavy atom. The van der Waals surface area contributed by atoms with Crippen LogP contribution in [0.4, 0.5) is 0 Å². The molecule has 1 atom stereocenters. The van der Waals surface area contributed by atoms with Gasteiger partial charge in [0.2, 0.25) is 5.88 Å². The molecule has 26 heavy (non-hydrogen) atoms. The number of methoxy groups -OCH3 is 1. The first-order chi connectivity index (χ1) is 12.7. The van der Waals surface area contributed by atoms with Gasteiger partial charge in [0.25, 0.3) is 5.91 Å². The summed E-state index contributed by atoms with van der Waals surface area (Å²) in [6, 6.07) is 12.8. The molecular weight excluding hydrogens is 332 g/mol. The van der Waals surface area contributed by atoms with Crippen LogP contribution in [0, 0.1) is 0 Å². The van der Waals surface area contributed by atoms with E-state index in [1.807, 2.05) is 23.1 Å². The van der Waals surface area contributed by atoms with Gasteiger partial charge in [-0.25, -0.2) is 4.98 Å². The predicted octanol–water partition coefficient (Wildman–Crippen LogP) is 2.54. The van der Waals surface area contributed by atoms with Crippen molar-refractivity contribution in [3.05, 3.63) is 54.2 Å². The lowest BCUT2D eigenvalue weighted by Gasteiger charge is -2.52. The molecule has 0 radical (unpaired) electrons. The minimum atomic E-state index is -0.292. The number of amides is 1. The lowest BCUT2D eigenvalue weighted by atomic mass is 9.84. The maximum atomic E-state index is 12.6. The summed E-state index contributed by atoms with van der Waals surface area (Å²) < 4.78 is 17.1. The average molecular weight is 354 g/mol. The number of nitrogens with zero attached hydrogens (tertiary/aromatic N) is 2. The topological polar surface area (TPSA) is 60.9 Å². The molecule has 0 bridgehead atoms. The highest BCUT2D eigenvalue weighted by Crippen LogP contribution is 2.36. The van der Waals surface area contributed by atoms with Gasteiger partial charge in [-0.15, -0.1) is 0 Å². The van der Waals surface area contributed by atoms with Gasteiger partial charge < -0.3 is 19.1 Å². The number of aromatic nitrogens is 1. The van der Waals surface area contributed by atoms with Crippen LogP contribution in [-0.4, -0.2) is 54.3 Å². The number of hydrogen-bond acceptors (Lipinski definition) is 5. The monoisotopic (exact) mass is 354 g/mol. The van der Waals surface area contributed by atoms with Crippen molar-refractivity contribution >= 4 is 5.91 Å². The summed E-state index contributed by atoms with van der Waals surface area (Å²) in [6.45, 7) is 1.84. The SMILES string of the molecule is COc1ccc(C(=O)N2CC3(C[C@@H](Oc4ccccn4)CCO3)C2)cc1. The van der Waals surface area contributed by atoms with Crippen LogP contribution in [0.3, 0.4) is 0 Å². The maximum Gasteiger partial charge on any atom is 0.254 e. The zero-order valence-corrected chi connectivity index (χ0v) is 14.8. The molecule has 6 nitrogen and oxygen atoms in total. The maximum absolute atomic E-state index is 12.6. The second-order valence-electron chi connectivity index (χ2n) is 6.82. The molecule has 0 aliphatic carbocycles. The Balaban J connectivity index is 1.35. The molecule has 0 N–H and O–H groups in total. The Kier molecular flexibility index (Phi) is 4.51. The molecule has 4 rings (SSSR count). The summed E-state index contributed by atoms with van der Waals surface area (Å²) in [5, 5.41) is 0. The predicted molar refractivity (Wildman–Crippen MR) is 95.5 cm³/mol. The van der Waals surface area contributed by atoms with Gasteiger partial charge in [0.1, 0.15) is 17.5 Å². The van der Waals surface area contributed by atoms with Gasteiger partial charge in [0.05, 0.1) is 26.8 Å². The molecular formula is C20H22N2O4. The van der Waals surface area contributed by atoms with Gasteiger partial charge in [-0.1, -0.05) is 6.07 Å². The van der Waals surface area contributed by atoms with Gasteiger partial charge in [-0.3, -0.25) is 4.79 Å². The lowest BCUT2D eigenvalue weighted by Crippen LogP contribution is -2.67. The standard InChI is InChI=1S/C20H22N2O4/c1-24-16-7-5-15(6-8-16)19(23)22-13-20(14-22)12-17(9-11-25-20)26-18-4-2-3-10-21-18/h2-8,10,17H,9,11-14H2,1H3/t17-/m0/s1. The van der Waals surface area contributed by atoms with Gasteiger partial charge >= 0.3 is 0 Å². The highest BCUT2D eigenvalue weighted by molar-refractivity contribution is 5.95. The second-order valence-corrected chi connectivity index (χ2v) is 6.82. The third-order valence-electron chi connectivity index (χ3n) is 4.96. The fourth-order valence-electron chi connectivity index (χ4n) is 3.60. The largest absolute Gasteiger partial charge is 0.497 e. The minimum absolute atomic E-state index is 0.0228. The molecule has 2 aliphatic rings. The van der Waals surface area contributed by atoms with Crippen molar-refractivity contribution in [2.45, 2.75) is 24.5 Å². The van der Waals surface area contributed by atoms with E-state index in [0.717, 1.165) is 18.6 Å². The minimum Gasteiger partial charge on any atom is -0.497 e. The van der Waals surface area contributed by atoms with Crippen LogP contribution in [0.15, 0.2) is 48.7 Å². The Hall–Kier alpha value is -2.60. The molecule has 6 heteroatoms. The summed E-state index contributed by atoms with van der Waals surface area (Å²) in [5.41, 5.74) is 0.373. The first kappa shape index (κ1) is 16.8. The van der Waals surface area contributed by atoms with Crippen molar-refractivity contribution < 1.29 is 19.0 Å². The molecule has 3 heterocycles. The second kappa shape index (κ2) is 6.96. The summed E-state index contributed by atoms with van der Waals surface area (Å²) >= 11 is 0. The molecule has 136 valence electrons. The van der Waals surface area contributed by atoms with E-state index in [2.05, 4.69) is 4.98 Å². The molecule has 0 saturated carbocycles. The number of carbonyl (C=O) groups is 1. The van der Waals surface area contributed by atoms with E-state index in [0.29, 0.717) is 31.1 Å². The fourth-order valence-corrected chi connectivity index (χ4v) is 3.60. The highest BCUT2D eigenvalue weighted by Gasteiger charge is 2.50. The van der Waals surface area contributed by atoms with Crippen LogP contribution in [0.1, 0.15) is 23.2 Å². The van der Waals surface area contributed by atoms with Crippen LogP contribution in [0.5, 0.6) is 11.6 Å². The van der Waals surface area contributed by atoms with Crippen LogP contribution >= 0.6 is 0 Å². The molecule has 2 saturated heterocycles. The third kappa shape index (κ3) is 3.37. The molecule has 2 aliphatic heterocycles. The van der Waals surface area contributed by atoms with Crippen LogP contribution in [0.25, 0.3) is 0 Å². The van der Waals surface area contributed by atoms with E-state index in [-0.39, 0.29) is 17.6 Å². The van der Waals surface area contributed by atoms with Gasteiger partial charge in [0, 0.05) is 30.7 Å². The van der Waals surface area contributed by atoms with E-state index in [1.165, 1.54) is 0 Å². The van der Waals surface area contributed by atoms with Crippen LogP contribution < -0.4 is 9.47 Å². The normalized spacial score (nSPS) is 21.1. The van der Waals surface area contributed by atoms with Crippen LogP contribution in [0.2, 0.25) is 0 Å². The summed E-state index contributed by atoms with van der Waals surface area (Å²) in [7, 11) is 1.61. The van der Waals surface area contributed by atoms with E-state index >= 15 is 0 Å². The number of rotatable bonds is 4. The van der Waals surface area contributed by atoms with Crippen molar-refractivity contribution in [1.29, 1.82) is 0 Å². The quantitative estimate of drug-likeness (QED) is 0.844. The molecule has 2 fully saturated rings. The molecule has 1 amide bonds. The Morgan fingerprint density at radius 2 is 2.04 bits per heavy atom. The van der Waals surface area contributed by atoms with Gasteiger partial charge in [-0.2, -0.15) is 0 Å². The van der Waals surface area contributed by atoms with Crippen molar-refractivity contribution in [1.82, 2.24) is 9.88 Å². The number of carbonyl (C=O) groups excluding carboxylic acids is 1. The number of pyridine rings is 1. The number of hydrogen-bond donors (Lipinski definition) is 0. The number of ether oxygens (including phenoxy) is 3. The first-order valence-electron chi connectivity index (χ1n) is 8.82. The molecule has 0 unspecified atom stereocenters. The molecule has 1 aromatic carbocycles. The highest BCUT2D eigenvalue weighted by atomic mass is 16.5. The molecule has 1 aromatic heterocycles. The summed E-state index contributed by atoms with van der Waals surface area (Å²) in [6.07, 6.45) is 3.40. The third-order valence-corrected chi connectivity index (χ3v) is 4.96. The van der Waals surface area contributed by atoms with E-state index in [1.54, 1.807) is 37.6 Å². The zero-order chi connectivity index (χ0) is 18.0. The number of likely N-dealkylation sites (tertiary alicyclic amines) is 1. The van der Waals surface area contributed by atoms with Gasteiger partial charge in [-0.05, 0) is 30.3 Å². The van der Waals surface area contributed by atoms with Crippen molar-refractivity contribution in [2.75, 3.05) is 26.8 Å². The molecule has 1 spiro atoms. The Bertz CT molecular complexity index is 757. The Labute approximate surface area is 152 Å². The lowest BCUT2D eigenvalue weighted by molar-refractivity contribution is -0.174. The fraction of sp³-hybridized carbons (Fsp3) is 0.400. The van der Waals surface area contributed by atoms with Crippen LogP contribution in [-0.2, 0) is 4.74 Å². The van der Waals surface area contributed by atoms with E-state index in [4.69, 9.17) is 14.2 Å². The van der Waals surface area contributed by atoms with E-state index < -0.39 is 0 Å². The number of benzene rings is 1. The molecule has 2 aromatic rings. The summed E-state index contributed by atoms with van der Waals surface area (Å²) in [4.78, 5) is 18.7. The van der Waals surface area contributed by atoms with Gasteiger partial charge in [0.15, 0.2) is 0 Å². The van der Waals surface area contributed by atoms with Crippen molar-refractivity contribution in [2.24, 2.45) is 0 Å². The zero-order valence-electron chi connectivity index (χ0n) is 14.8. The first-order valence-corrected chi connectivity index (χ1v) is 8.82. The Morgan fingerprint density at radius 1 is 1.23 bits per heavy atom. The van der Waals surface area contributed by atoms with E-state index in [9.17, 15) is 4.79 Å². The summed E-state index contributed by atoms with van der Waals surface area (Å²) in [5.74, 6) is 1.40. The van der Waals surface area contributed by atoms with Crippen molar-refractivity contribution in [3.8, 4) is 11.6 Å². The van der Waals surface area contributed by atoms with Crippen molar-refractivity contribution in [3.63, 3.8) is 0 Å². The average Bonchev–Trinajstić information content (AvgIpc) is 2.66.